The average molecular weight is 742 g/mol. The molecule has 1 aliphatic heterocycles. The quantitative estimate of drug-likeness (QED) is 0.0906. The van der Waals surface area contributed by atoms with Crippen LogP contribution in [-0.4, -0.2) is 84.3 Å². The van der Waals surface area contributed by atoms with Crippen molar-refractivity contribution in [3.63, 3.8) is 0 Å². The second kappa shape index (κ2) is 14.8. The standard InChI is InChI=1S/C13H24F3O9S3Si.C5HF3O5S.Li/c1-4-23-29(24-5-2,25-6-3)9-7-8-11-10-26(17,18)12(27(11,19)20)28(21,22)13(14,15)16;6-5(7,8)14(12,13)4-2(10)1(9)3(4)11;/h11H,4-10H2,1-3H3;10H;/q-1;;+1/p-1. The van der Waals surface area contributed by atoms with Gasteiger partial charge < -0.3 is 18.4 Å². The predicted octanol–water partition coefficient (Wildman–Crippen LogP) is -2.94. The first kappa shape index (κ1) is 43.0. The van der Waals surface area contributed by atoms with Gasteiger partial charge in [0, 0.05) is 36.9 Å². The molecule has 0 saturated carbocycles. The zero-order valence-electron chi connectivity index (χ0n) is 23.1. The van der Waals surface area contributed by atoms with E-state index in [2.05, 4.69) is 0 Å². The molecule has 44 heavy (non-hydrogen) atoms. The van der Waals surface area contributed by atoms with E-state index in [4.69, 9.17) is 13.3 Å². The van der Waals surface area contributed by atoms with Crippen molar-refractivity contribution in [2.45, 2.75) is 60.8 Å². The molecule has 0 N–H and O–H groups in total. The van der Waals surface area contributed by atoms with Crippen LogP contribution in [0.2, 0.25) is 6.04 Å². The van der Waals surface area contributed by atoms with E-state index in [0.717, 1.165) is 0 Å². The van der Waals surface area contributed by atoms with Crippen molar-refractivity contribution in [3.8, 4) is 5.75 Å². The smallest absolute Gasteiger partial charge is 0.869 e. The molecule has 1 saturated heterocycles. The van der Waals surface area contributed by atoms with Gasteiger partial charge in [-0.1, -0.05) is 0 Å². The number of rotatable bonds is 12. The molecule has 26 heteroatoms. The fourth-order valence-electron chi connectivity index (χ4n) is 3.63. The van der Waals surface area contributed by atoms with Crippen LogP contribution in [0.1, 0.15) is 33.6 Å². The van der Waals surface area contributed by atoms with Crippen LogP contribution in [0, 0.1) is 3.91 Å². The van der Waals surface area contributed by atoms with Gasteiger partial charge in [0.05, 0.1) is 23.6 Å². The van der Waals surface area contributed by atoms with Crippen molar-refractivity contribution in [1.82, 2.24) is 0 Å². The van der Waals surface area contributed by atoms with Gasteiger partial charge in [0.1, 0.15) is 4.90 Å². The topological polar surface area (TPSA) is 221 Å². The van der Waals surface area contributed by atoms with Crippen LogP contribution < -0.4 is 34.8 Å². The summed E-state index contributed by atoms with van der Waals surface area (Å²) in [7, 11) is -26.0. The molecule has 252 valence electrons. The molecule has 1 aliphatic rings. The second-order valence-electron chi connectivity index (χ2n) is 8.29. The maximum Gasteiger partial charge on any atom is 1.00 e. The molecular weight excluding hydrogens is 717 g/mol. The summed E-state index contributed by atoms with van der Waals surface area (Å²) < 4.78 is 181. The molecule has 0 spiro atoms. The molecule has 1 atom stereocenters. The molecule has 14 nitrogen and oxygen atoms in total. The first-order valence-corrected chi connectivity index (χ1v) is 19.7. The normalized spacial score (nSPS) is 19.2. The molecule has 1 aromatic rings. The molecule has 0 amide bonds. The van der Waals surface area contributed by atoms with Crippen molar-refractivity contribution < 1.29 is 97.3 Å². The van der Waals surface area contributed by atoms with Gasteiger partial charge in [-0.25, -0.2) is 8.42 Å². The molecule has 2 rings (SSSR count). The Bertz CT molecular complexity index is 1650. The maximum absolute atomic E-state index is 12.8. The number of sulfone groups is 4. The summed E-state index contributed by atoms with van der Waals surface area (Å²) in [6, 6.07) is 0.0932. The van der Waals surface area contributed by atoms with E-state index in [9.17, 15) is 74.7 Å². The van der Waals surface area contributed by atoms with Crippen molar-refractivity contribution in [3.05, 3.63) is 24.4 Å². The zero-order valence-corrected chi connectivity index (χ0v) is 27.4. The molecule has 1 heterocycles. The van der Waals surface area contributed by atoms with Gasteiger partial charge >= 0.3 is 38.7 Å². The Balaban J connectivity index is 0.00000103. The van der Waals surface area contributed by atoms with Gasteiger partial charge in [-0.3, -0.25) is 34.8 Å². The first-order chi connectivity index (χ1) is 19.2. The number of alkyl halides is 6. The third-order valence-electron chi connectivity index (χ3n) is 5.35. The van der Waals surface area contributed by atoms with Gasteiger partial charge in [0.2, 0.25) is 10.9 Å². The third-order valence-corrected chi connectivity index (χ3v) is 18.6. The Morgan fingerprint density at radius 2 is 1.30 bits per heavy atom. The summed E-state index contributed by atoms with van der Waals surface area (Å²) in [5, 5.41) is 8.57. The maximum atomic E-state index is 12.8. The average Bonchev–Trinajstić information content (AvgIpc) is 3.01. The fourth-order valence-corrected chi connectivity index (χ4v) is 15.9. The predicted molar refractivity (Wildman–Crippen MR) is 133 cm³/mol. The Kier molecular flexibility index (Phi) is 14.4. The van der Waals surface area contributed by atoms with Crippen LogP contribution >= 0.6 is 0 Å². The monoisotopic (exact) mass is 741 g/mol. The fraction of sp³-hybridized carbons (Fsp3) is 0.722. The minimum atomic E-state index is -6.53. The van der Waals surface area contributed by atoms with Gasteiger partial charge in [0.15, 0.2) is 9.84 Å². The Morgan fingerprint density at radius 3 is 1.64 bits per heavy atom. The summed E-state index contributed by atoms with van der Waals surface area (Å²) in [6.07, 6.45) is -0.397. The minimum absolute atomic E-state index is 0. The second-order valence-corrected chi connectivity index (χ2v) is 19.7. The number of hydrogen-bond acceptors (Lipinski definition) is 14. The molecular formula is C18H24F6LiO14S4Si-. The molecule has 1 fully saturated rings. The van der Waals surface area contributed by atoms with Gasteiger partial charge in [-0.2, -0.15) is 26.3 Å². The van der Waals surface area contributed by atoms with E-state index in [1.54, 1.807) is 20.8 Å². The Morgan fingerprint density at radius 1 is 0.864 bits per heavy atom. The van der Waals surface area contributed by atoms with E-state index in [1.165, 1.54) is 0 Å². The van der Waals surface area contributed by atoms with E-state index in [-0.39, 0.29) is 57.6 Å². The molecule has 0 bridgehead atoms. The summed E-state index contributed by atoms with van der Waals surface area (Å²) in [6.45, 7) is 5.79. The molecule has 0 aliphatic carbocycles. The molecule has 1 unspecified atom stereocenters. The van der Waals surface area contributed by atoms with Crippen molar-refractivity contribution >= 4 is 48.2 Å². The largest absolute Gasteiger partial charge is 1.00 e. The van der Waals surface area contributed by atoms with Crippen molar-refractivity contribution in [2.75, 3.05) is 25.6 Å². The number of hydrogen-bond donors (Lipinski definition) is 0. The van der Waals surface area contributed by atoms with E-state index < -0.39 is 95.6 Å². The number of halogens is 6. The zero-order chi connectivity index (χ0) is 34.0. The minimum Gasteiger partial charge on any atom is -0.869 e. The summed E-state index contributed by atoms with van der Waals surface area (Å²) >= 11 is 0. The van der Waals surface area contributed by atoms with E-state index in [0.29, 0.717) is 0 Å². The molecule has 0 radical (unpaired) electrons. The summed E-state index contributed by atoms with van der Waals surface area (Å²) in [5.41, 5.74) is -15.4. The van der Waals surface area contributed by atoms with Crippen LogP contribution in [0.4, 0.5) is 26.3 Å². The molecule has 0 aromatic heterocycles. The van der Waals surface area contributed by atoms with Crippen LogP contribution in [0.3, 0.4) is 0 Å². The SMILES string of the molecule is CCO[Si](CCCC1CS(=O)(=O)[C-](S(=O)(=O)C(F)(F)F)S1(=O)=O)(OCC)OCC.O=c1c([O-])c(S(=O)(=O)C(F)(F)F)c1=O.[Li+]. The van der Waals surface area contributed by atoms with Crippen LogP contribution in [0.25, 0.3) is 0 Å². The summed E-state index contributed by atoms with van der Waals surface area (Å²) in [4.78, 5) is 18.6. The van der Waals surface area contributed by atoms with Crippen LogP contribution in [0.5, 0.6) is 5.75 Å². The Labute approximate surface area is 261 Å². The summed E-state index contributed by atoms with van der Waals surface area (Å²) in [5.74, 6) is -3.14. The van der Waals surface area contributed by atoms with E-state index >= 15 is 0 Å². The van der Waals surface area contributed by atoms with Crippen LogP contribution in [-0.2, 0) is 52.6 Å². The van der Waals surface area contributed by atoms with Crippen molar-refractivity contribution in [2.24, 2.45) is 0 Å². The Hall–Kier alpha value is -1.05. The van der Waals surface area contributed by atoms with Gasteiger partial charge in [-0.05, 0) is 39.4 Å². The first-order valence-electron chi connectivity index (χ1n) is 11.6. The van der Waals surface area contributed by atoms with Gasteiger partial charge in [0.25, 0.3) is 9.84 Å². The third kappa shape index (κ3) is 8.65. The van der Waals surface area contributed by atoms with Gasteiger partial charge in [-0.15, -0.1) is 0 Å². The van der Waals surface area contributed by atoms with Crippen molar-refractivity contribution in [1.29, 1.82) is 0 Å². The van der Waals surface area contributed by atoms with Crippen LogP contribution in [0.15, 0.2) is 14.5 Å². The van der Waals surface area contributed by atoms with E-state index in [1.807, 2.05) is 0 Å². The molecule has 1 aromatic carbocycles.